The zero-order valence-electron chi connectivity index (χ0n) is 21.6. The van der Waals surface area contributed by atoms with Crippen molar-refractivity contribution in [1.29, 1.82) is 0 Å². The summed E-state index contributed by atoms with van der Waals surface area (Å²) in [6.07, 6.45) is 0. The second-order valence-electron chi connectivity index (χ2n) is 10.5. The largest absolute Gasteiger partial charge is 0.452 e. The van der Waals surface area contributed by atoms with E-state index in [1.807, 2.05) is 24.3 Å². The smallest absolute Gasteiger partial charge is 0.338 e. The number of halogens is 1. The van der Waals surface area contributed by atoms with E-state index in [0.29, 0.717) is 11.4 Å². The summed E-state index contributed by atoms with van der Waals surface area (Å²) in [5.41, 5.74) is 5.66. The van der Waals surface area contributed by atoms with Gasteiger partial charge in [-0.1, -0.05) is 64.5 Å². The number of hydrogen-bond acceptors (Lipinski definition) is 5. The van der Waals surface area contributed by atoms with Crippen LogP contribution in [-0.2, 0) is 19.1 Å². The molecule has 2 atom stereocenters. The summed E-state index contributed by atoms with van der Waals surface area (Å²) in [5.74, 6) is -2.92. The van der Waals surface area contributed by atoms with Gasteiger partial charge in [0.1, 0.15) is 0 Å². The minimum atomic E-state index is -0.681. The fraction of sp³-hybridized carbons (Fsp3) is 0.152. The summed E-state index contributed by atoms with van der Waals surface area (Å²) in [6, 6.07) is 29.4. The Morgan fingerprint density at radius 2 is 1.20 bits per heavy atom. The quantitative estimate of drug-likeness (QED) is 0.234. The van der Waals surface area contributed by atoms with E-state index >= 15 is 0 Å². The van der Waals surface area contributed by atoms with Crippen LogP contribution in [0, 0.1) is 11.8 Å². The van der Waals surface area contributed by atoms with Gasteiger partial charge in [-0.05, 0) is 70.8 Å². The number of benzene rings is 4. The number of anilines is 2. The Kier molecular flexibility index (Phi) is 6.08. The van der Waals surface area contributed by atoms with E-state index in [9.17, 15) is 19.2 Å². The number of ether oxygens (including phenoxy) is 1. The number of carbonyl (C=O) groups is 4. The van der Waals surface area contributed by atoms with Gasteiger partial charge in [-0.3, -0.25) is 14.4 Å². The number of imide groups is 1. The lowest BCUT2D eigenvalue weighted by atomic mass is 9.55. The Balaban J connectivity index is 1.09. The zero-order chi connectivity index (χ0) is 28.2. The van der Waals surface area contributed by atoms with Crippen LogP contribution < -0.4 is 10.2 Å². The van der Waals surface area contributed by atoms with Crippen LogP contribution in [0.15, 0.2) is 102 Å². The van der Waals surface area contributed by atoms with Crippen LogP contribution in [0.2, 0.25) is 0 Å². The standard InChI is InChI=1S/C33H23BrN2O5/c34-19-11-13-20(14-12-19)35-26(37)17-41-33(40)18-9-15-21(16-10-18)36-31(38)29-27-22-5-1-2-6-23(22)28(30(29)32(36)39)25-8-4-3-7-24(25)27/h1-16,27-30H,17H2,(H,35,37)/t27?,28?,29-,30-/m0/s1. The molecule has 8 rings (SSSR count). The van der Waals surface area contributed by atoms with Crippen molar-refractivity contribution in [3.8, 4) is 0 Å². The Hall–Kier alpha value is -4.56. The van der Waals surface area contributed by atoms with Crippen LogP contribution in [-0.4, -0.2) is 30.3 Å². The SMILES string of the molecule is O=C(COC(=O)c1ccc(N2C(=O)[C@H]3C4c5ccccc5C(c5ccccc54)[C@@H]3C2=O)cc1)Nc1ccc(Br)cc1. The average molecular weight is 607 g/mol. The molecule has 0 aromatic heterocycles. The van der Waals surface area contributed by atoms with Crippen molar-refractivity contribution in [3.05, 3.63) is 129 Å². The first-order chi connectivity index (χ1) is 19.9. The van der Waals surface area contributed by atoms with Crippen molar-refractivity contribution in [2.45, 2.75) is 11.8 Å². The maximum Gasteiger partial charge on any atom is 0.338 e. The maximum absolute atomic E-state index is 13.9. The number of hydrogen-bond donors (Lipinski definition) is 1. The Bertz CT molecular complexity index is 1620. The van der Waals surface area contributed by atoms with Gasteiger partial charge in [0.05, 0.1) is 23.1 Å². The van der Waals surface area contributed by atoms with E-state index in [0.717, 1.165) is 26.7 Å². The lowest BCUT2D eigenvalue weighted by Gasteiger charge is -2.45. The number of esters is 1. The summed E-state index contributed by atoms with van der Waals surface area (Å²) in [7, 11) is 0. The minimum Gasteiger partial charge on any atom is -0.452 e. The normalized spacial score (nSPS) is 21.6. The van der Waals surface area contributed by atoms with Gasteiger partial charge in [-0.2, -0.15) is 0 Å². The number of carbonyl (C=O) groups excluding carboxylic acids is 4. The first kappa shape index (κ1) is 25.4. The molecule has 1 heterocycles. The molecule has 1 fully saturated rings. The predicted molar refractivity (Wildman–Crippen MR) is 156 cm³/mol. The highest BCUT2D eigenvalue weighted by atomic mass is 79.9. The van der Waals surface area contributed by atoms with Gasteiger partial charge in [-0.15, -0.1) is 0 Å². The molecule has 4 aromatic carbocycles. The molecule has 1 aliphatic heterocycles. The molecule has 202 valence electrons. The van der Waals surface area contributed by atoms with Crippen molar-refractivity contribution in [2.75, 3.05) is 16.8 Å². The molecule has 1 saturated heterocycles. The highest BCUT2D eigenvalue weighted by Crippen LogP contribution is 2.61. The Morgan fingerprint density at radius 3 is 1.68 bits per heavy atom. The van der Waals surface area contributed by atoms with Gasteiger partial charge in [0.2, 0.25) is 11.8 Å². The van der Waals surface area contributed by atoms with Crippen LogP contribution in [0.5, 0.6) is 0 Å². The topological polar surface area (TPSA) is 92.8 Å². The monoisotopic (exact) mass is 606 g/mol. The summed E-state index contributed by atoms with van der Waals surface area (Å²) in [6.45, 7) is -0.451. The first-order valence-electron chi connectivity index (χ1n) is 13.3. The lowest BCUT2D eigenvalue weighted by Crippen LogP contribution is -2.41. The Morgan fingerprint density at radius 1 is 0.707 bits per heavy atom. The molecule has 1 N–H and O–H groups in total. The maximum atomic E-state index is 13.9. The Labute approximate surface area is 244 Å². The molecular formula is C33H23BrN2O5. The number of rotatable bonds is 5. The van der Waals surface area contributed by atoms with Crippen molar-refractivity contribution in [1.82, 2.24) is 0 Å². The van der Waals surface area contributed by atoms with Crippen LogP contribution in [0.1, 0.15) is 44.4 Å². The van der Waals surface area contributed by atoms with Crippen molar-refractivity contribution >= 4 is 51.0 Å². The second kappa shape index (κ2) is 9.82. The predicted octanol–water partition coefficient (Wildman–Crippen LogP) is 5.64. The first-order valence-corrected chi connectivity index (χ1v) is 14.1. The molecular weight excluding hydrogens is 584 g/mol. The molecule has 0 spiro atoms. The zero-order valence-corrected chi connectivity index (χ0v) is 23.2. The summed E-state index contributed by atoms with van der Waals surface area (Å²) in [5, 5.41) is 2.66. The van der Waals surface area contributed by atoms with Gasteiger partial charge < -0.3 is 10.1 Å². The van der Waals surface area contributed by atoms with E-state index in [-0.39, 0.29) is 29.2 Å². The van der Waals surface area contributed by atoms with E-state index in [1.165, 1.54) is 17.0 Å². The van der Waals surface area contributed by atoms with Crippen LogP contribution in [0.3, 0.4) is 0 Å². The third-order valence-electron chi connectivity index (χ3n) is 8.27. The summed E-state index contributed by atoms with van der Waals surface area (Å²) >= 11 is 3.33. The van der Waals surface area contributed by atoms with Gasteiger partial charge in [-0.25, -0.2) is 9.69 Å². The number of amides is 3. The number of nitrogens with one attached hydrogen (secondary N) is 1. The van der Waals surface area contributed by atoms with Crippen LogP contribution in [0.25, 0.3) is 0 Å². The molecule has 3 amide bonds. The van der Waals surface area contributed by atoms with E-state index < -0.39 is 30.3 Å². The highest BCUT2D eigenvalue weighted by molar-refractivity contribution is 9.10. The summed E-state index contributed by atoms with van der Waals surface area (Å²) < 4.78 is 6.05. The van der Waals surface area contributed by atoms with E-state index in [4.69, 9.17) is 4.74 Å². The molecule has 7 nitrogen and oxygen atoms in total. The molecule has 4 aliphatic rings. The average Bonchev–Trinajstić information content (AvgIpc) is 3.27. The second-order valence-corrected chi connectivity index (χ2v) is 11.4. The van der Waals surface area contributed by atoms with Crippen LogP contribution in [0.4, 0.5) is 11.4 Å². The fourth-order valence-corrected chi connectivity index (χ4v) is 6.89. The molecule has 2 bridgehead atoms. The molecule has 0 radical (unpaired) electrons. The van der Waals surface area contributed by atoms with E-state index in [2.05, 4.69) is 45.5 Å². The van der Waals surface area contributed by atoms with Gasteiger partial charge >= 0.3 is 5.97 Å². The van der Waals surface area contributed by atoms with Crippen LogP contribution >= 0.6 is 15.9 Å². The molecule has 4 aromatic rings. The molecule has 0 saturated carbocycles. The summed E-state index contributed by atoms with van der Waals surface area (Å²) in [4.78, 5) is 53.9. The van der Waals surface area contributed by atoms with Crippen molar-refractivity contribution in [3.63, 3.8) is 0 Å². The molecule has 8 heteroatoms. The lowest BCUT2D eigenvalue weighted by molar-refractivity contribution is -0.122. The number of nitrogens with zero attached hydrogens (tertiary/aromatic N) is 1. The minimum absolute atomic E-state index is 0.184. The van der Waals surface area contributed by atoms with Gasteiger partial charge in [0.15, 0.2) is 6.61 Å². The third kappa shape index (κ3) is 4.09. The fourth-order valence-electron chi connectivity index (χ4n) is 6.62. The van der Waals surface area contributed by atoms with Gasteiger partial charge in [0, 0.05) is 22.0 Å². The van der Waals surface area contributed by atoms with E-state index in [1.54, 1.807) is 36.4 Å². The highest BCUT2D eigenvalue weighted by Gasteiger charge is 2.61. The van der Waals surface area contributed by atoms with Crippen molar-refractivity contribution in [2.24, 2.45) is 11.8 Å². The van der Waals surface area contributed by atoms with Gasteiger partial charge in [0.25, 0.3) is 5.91 Å². The molecule has 0 unspecified atom stereocenters. The van der Waals surface area contributed by atoms with Crippen molar-refractivity contribution < 1.29 is 23.9 Å². The third-order valence-corrected chi connectivity index (χ3v) is 8.80. The molecule has 41 heavy (non-hydrogen) atoms. The molecule has 3 aliphatic carbocycles.